The molecule has 1 aromatic carbocycles. The summed E-state index contributed by atoms with van der Waals surface area (Å²) in [6.07, 6.45) is 4.90. The van der Waals surface area contributed by atoms with Gasteiger partial charge in [0, 0.05) is 10.6 Å². The fraction of sp³-hybridized carbons (Fsp3) is 0.429. The average Bonchev–Trinajstić information content (AvgIpc) is 2.53. The maximum absolute atomic E-state index is 10.4. The molecule has 1 atom stereocenters. The van der Waals surface area contributed by atoms with Crippen LogP contribution in [0.4, 0.5) is 0 Å². The van der Waals surface area contributed by atoms with Crippen LogP contribution in [-0.4, -0.2) is 16.5 Å². The smallest absolute Gasteiger partial charge is 0.0929 e. The lowest BCUT2D eigenvalue weighted by Crippen LogP contribution is -2.29. The van der Waals surface area contributed by atoms with Crippen molar-refractivity contribution in [2.24, 2.45) is 5.41 Å². The van der Waals surface area contributed by atoms with Gasteiger partial charge in [-0.1, -0.05) is 44.2 Å². The summed E-state index contributed by atoms with van der Waals surface area (Å²) >= 11 is 1.72. The lowest BCUT2D eigenvalue weighted by Gasteiger charge is -2.25. The molecule has 1 aromatic rings. The third kappa shape index (κ3) is 2.89. The van der Waals surface area contributed by atoms with Gasteiger partial charge in [0.25, 0.3) is 0 Å². The van der Waals surface area contributed by atoms with Crippen LogP contribution < -0.4 is 0 Å². The molecule has 0 aromatic heterocycles. The summed E-state index contributed by atoms with van der Waals surface area (Å²) in [5.41, 5.74) is -0.504. The summed E-state index contributed by atoms with van der Waals surface area (Å²) < 4.78 is 0. The molecule has 1 nitrogen and oxygen atoms in total. The van der Waals surface area contributed by atoms with Gasteiger partial charge < -0.3 is 5.11 Å². The monoisotopic (exact) mass is 234 g/mol. The Kier molecular flexibility index (Phi) is 3.13. The molecule has 2 rings (SSSR count). The Morgan fingerprint density at radius 3 is 2.44 bits per heavy atom. The first-order valence-corrected chi connectivity index (χ1v) is 6.58. The van der Waals surface area contributed by atoms with Crippen LogP contribution in [-0.2, 0) is 0 Å². The van der Waals surface area contributed by atoms with Crippen molar-refractivity contribution in [1.82, 2.24) is 0 Å². The van der Waals surface area contributed by atoms with E-state index in [-0.39, 0.29) is 5.41 Å². The van der Waals surface area contributed by atoms with E-state index in [0.29, 0.717) is 0 Å². The maximum Gasteiger partial charge on any atom is 0.0929 e. The highest BCUT2D eigenvalue weighted by atomic mass is 32.2. The van der Waals surface area contributed by atoms with E-state index in [9.17, 15) is 5.11 Å². The van der Waals surface area contributed by atoms with Crippen molar-refractivity contribution in [1.29, 1.82) is 0 Å². The second-order valence-corrected chi connectivity index (χ2v) is 6.25. The van der Waals surface area contributed by atoms with E-state index in [2.05, 4.69) is 32.1 Å². The molecule has 0 amide bonds. The molecule has 1 N–H and O–H groups in total. The second kappa shape index (κ2) is 4.27. The summed E-state index contributed by atoms with van der Waals surface area (Å²) in [7, 11) is 0. The quantitative estimate of drug-likeness (QED) is 0.638. The van der Waals surface area contributed by atoms with Crippen molar-refractivity contribution in [3.8, 4) is 0 Å². The normalized spacial score (nSPS) is 27.2. The van der Waals surface area contributed by atoms with E-state index in [1.165, 1.54) is 4.90 Å². The Morgan fingerprint density at radius 2 is 1.88 bits per heavy atom. The fourth-order valence-electron chi connectivity index (χ4n) is 2.11. The Morgan fingerprint density at radius 1 is 1.19 bits per heavy atom. The molecule has 2 heteroatoms. The highest BCUT2D eigenvalue weighted by Crippen LogP contribution is 2.39. The molecular weight excluding hydrogens is 216 g/mol. The van der Waals surface area contributed by atoms with Crippen molar-refractivity contribution in [3.05, 3.63) is 42.5 Å². The molecule has 1 aliphatic carbocycles. The lowest BCUT2D eigenvalue weighted by molar-refractivity contribution is 0.0931. The van der Waals surface area contributed by atoms with Crippen LogP contribution in [0.5, 0.6) is 0 Å². The Hall–Kier alpha value is -0.730. The largest absolute Gasteiger partial charge is 0.385 e. The minimum Gasteiger partial charge on any atom is -0.385 e. The zero-order valence-electron chi connectivity index (χ0n) is 9.81. The SMILES string of the molecule is CC1(C)C=CC(O)(CSc2ccccc2)C1. The zero-order chi connectivity index (χ0) is 11.6. The first-order valence-electron chi connectivity index (χ1n) is 5.60. The summed E-state index contributed by atoms with van der Waals surface area (Å²) in [5.74, 6) is 0.733. The third-order valence-electron chi connectivity index (χ3n) is 2.84. The molecule has 0 radical (unpaired) electrons. The van der Waals surface area contributed by atoms with Crippen LogP contribution in [0.1, 0.15) is 20.3 Å². The highest BCUT2D eigenvalue weighted by Gasteiger charge is 2.36. The Balaban J connectivity index is 1.95. The van der Waals surface area contributed by atoms with Gasteiger partial charge in [-0.15, -0.1) is 11.8 Å². The van der Waals surface area contributed by atoms with E-state index in [0.717, 1.165) is 12.2 Å². The first-order chi connectivity index (χ1) is 7.49. The minimum atomic E-state index is -0.635. The van der Waals surface area contributed by atoms with Crippen LogP contribution in [0.2, 0.25) is 0 Å². The van der Waals surface area contributed by atoms with E-state index in [1.807, 2.05) is 24.3 Å². The molecule has 0 bridgehead atoms. The van der Waals surface area contributed by atoms with E-state index < -0.39 is 5.60 Å². The standard InChI is InChI=1S/C14H18OS/c1-13(2)8-9-14(15,10-13)11-16-12-6-4-3-5-7-12/h3-9,15H,10-11H2,1-2H3. The van der Waals surface area contributed by atoms with Crippen LogP contribution in [0, 0.1) is 5.41 Å². The number of aliphatic hydroxyl groups is 1. The van der Waals surface area contributed by atoms with Crippen LogP contribution in [0.25, 0.3) is 0 Å². The molecule has 1 unspecified atom stereocenters. The Bertz CT molecular complexity index is 383. The Labute approximate surface area is 102 Å². The van der Waals surface area contributed by atoms with Crippen molar-refractivity contribution in [2.75, 3.05) is 5.75 Å². The third-order valence-corrected chi connectivity index (χ3v) is 4.09. The van der Waals surface area contributed by atoms with Crippen molar-refractivity contribution in [3.63, 3.8) is 0 Å². The van der Waals surface area contributed by atoms with Crippen molar-refractivity contribution in [2.45, 2.75) is 30.8 Å². The lowest BCUT2D eigenvalue weighted by atomic mass is 9.89. The van der Waals surface area contributed by atoms with Gasteiger partial charge in [0.15, 0.2) is 0 Å². The molecule has 86 valence electrons. The molecule has 0 saturated carbocycles. The van der Waals surface area contributed by atoms with Crippen LogP contribution in [0.3, 0.4) is 0 Å². The molecule has 0 saturated heterocycles. The summed E-state index contributed by atoms with van der Waals surface area (Å²) in [4.78, 5) is 1.22. The van der Waals surface area contributed by atoms with E-state index in [1.54, 1.807) is 11.8 Å². The topological polar surface area (TPSA) is 20.2 Å². The number of allylic oxidation sites excluding steroid dienone is 1. The second-order valence-electron chi connectivity index (χ2n) is 5.20. The van der Waals surface area contributed by atoms with Gasteiger partial charge in [0.05, 0.1) is 5.60 Å². The van der Waals surface area contributed by atoms with Gasteiger partial charge in [-0.3, -0.25) is 0 Å². The summed E-state index contributed by atoms with van der Waals surface area (Å²) in [6.45, 7) is 4.32. The molecule has 0 heterocycles. The van der Waals surface area contributed by atoms with Crippen LogP contribution in [0.15, 0.2) is 47.4 Å². The molecule has 16 heavy (non-hydrogen) atoms. The summed E-state index contributed by atoms with van der Waals surface area (Å²) in [6, 6.07) is 10.2. The number of hydrogen-bond donors (Lipinski definition) is 1. The van der Waals surface area contributed by atoms with E-state index >= 15 is 0 Å². The van der Waals surface area contributed by atoms with Gasteiger partial charge in [0.1, 0.15) is 0 Å². The number of rotatable bonds is 3. The molecular formula is C14H18OS. The predicted octanol–water partition coefficient (Wildman–Crippen LogP) is 3.50. The minimum absolute atomic E-state index is 0.131. The van der Waals surface area contributed by atoms with Crippen LogP contribution >= 0.6 is 11.8 Å². The van der Waals surface area contributed by atoms with Crippen molar-refractivity contribution >= 4 is 11.8 Å². The van der Waals surface area contributed by atoms with E-state index in [4.69, 9.17) is 0 Å². The fourth-order valence-corrected chi connectivity index (χ4v) is 3.08. The molecule has 0 fully saturated rings. The first kappa shape index (κ1) is 11.7. The predicted molar refractivity (Wildman–Crippen MR) is 69.7 cm³/mol. The van der Waals surface area contributed by atoms with Gasteiger partial charge in [-0.25, -0.2) is 0 Å². The number of hydrogen-bond acceptors (Lipinski definition) is 2. The van der Waals surface area contributed by atoms with Gasteiger partial charge in [0.2, 0.25) is 0 Å². The molecule has 0 spiro atoms. The number of thioether (sulfide) groups is 1. The maximum atomic E-state index is 10.4. The highest BCUT2D eigenvalue weighted by molar-refractivity contribution is 7.99. The van der Waals surface area contributed by atoms with Crippen molar-refractivity contribution < 1.29 is 5.11 Å². The summed E-state index contributed by atoms with van der Waals surface area (Å²) in [5, 5.41) is 10.4. The number of benzene rings is 1. The van der Waals surface area contributed by atoms with Gasteiger partial charge >= 0.3 is 0 Å². The van der Waals surface area contributed by atoms with Gasteiger partial charge in [-0.05, 0) is 24.0 Å². The molecule has 0 aliphatic heterocycles. The average molecular weight is 234 g/mol. The van der Waals surface area contributed by atoms with Gasteiger partial charge in [-0.2, -0.15) is 0 Å². The zero-order valence-corrected chi connectivity index (χ0v) is 10.6. The molecule has 1 aliphatic rings.